The molecule has 4 nitrogen and oxygen atoms in total. The van der Waals surface area contributed by atoms with Gasteiger partial charge in [-0.2, -0.15) is 0 Å². The van der Waals surface area contributed by atoms with Crippen LogP contribution in [0.25, 0.3) is 0 Å². The third-order valence-electron chi connectivity index (χ3n) is 3.19. The average molecular weight is 249 g/mol. The molecule has 2 aliphatic rings. The number of halogens is 1. The predicted molar refractivity (Wildman–Crippen MR) is 64.8 cm³/mol. The second-order valence-electron chi connectivity index (χ2n) is 4.63. The lowest BCUT2D eigenvalue weighted by molar-refractivity contribution is -0.132. The number of nitrogens with one attached hydrogen (secondary N) is 1. The van der Waals surface area contributed by atoms with Gasteiger partial charge in [0.1, 0.15) is 0 Å². The highest BCUT2D eigenvalue weighted by molar-refractivity contribution is 5.85. The van der Waals surface area contributed by atoms with Crippen LogP contribution in [0.2, 0.25) is 0 Å². The Morgan fingerprint density at radius 3 is 2.75 bits per heavy atom. The van der Waals surface area contributed by atoms with Crippen molar-refractivity contribution in [2.75, 3.05) is 32.8 Å². The Morgan fingerprint density at radius 1 is 1.50 bits per heavy atom. The molecule has 2 aliphatic heterocycles. The van der Waals surface area contributed by atoms with Gasteiger partial charge in [0.25, 0.3) is 0 Å². The van der Waals surface area contributed by atoms with Crippen LogP contribution in [0.4, 0.5) is 0 Å². The van der Waals surface area contributed by atoms with E-state index in [4.69, 9.17) is 4.74 Å². The van der Waals surface area contributed by atoms with Gasteiger partial charge in [-0.3, -0.25) is 4.79 Å². The first-order valence-corrected chi connectivity index (χ1v) is 5.86. The van der Waals surface area contributed by atoms with Crippen LogP contribution in [0.5, 0.6) is 0 Å². The molecular formula is C11H21ClN2O2. The van der Waals surface area contributed by atoms with E-state index in [2.05, 4.69) is 12.2 Å². The molecule has 16 heavy (non-hydrogen) atoms. The standard InChI is InChI=1S/C11H20N2O2.ClH/c1-9-2-4-13(8-9)11(14)3-5-15-10-6-12-7-10;/h9-10,12H,2-8H2,1H3;1H. The molecule has 1 amide bonds. The SMILES string of the molecule is CC1CCN(C(=O)CCOC2CNC2)C1.Cl. The maximum absolute atomic E-state index is 11.7. The fourth-order valence-corrected chi connectivity index (χ4v) is 2.01. The topological polar surface area (TPSA) is 41.6 Å². The van der Waals surface area contributed by atoms with Gasteiger partial charge in [-0.1, -0.05) is 6.92 Å². The number of ether oxygens (including phenoxy) is 1. The summed E-state index contributed by atoms with van der Waals surface area (Å²) in [5, 5.41) is 3.14. The van der Waals surface area contributed by atoms with Gasteiger partial charge in [-0.25, -0.2) is 0 Å². The van der Waals surface area contributed by atoms with E-state index in [-0.39, 0.29) is 18.3 Å². The quantitative estimate of drug-likeness (QED) is 0.795. The van der Waals surface area contributed by atoms with Gasteiger partial charge >= 0.3 is 0 Å². The van der Waals surface area contributed by atoms with Crippen LogP contribution < -0.4 is 5.32 Å². The summed E-state index contributed by atoms with van der Waals surface area (Å²) in [7, 11) is 0. The summed E-state index contributed by atoms with van der Waals surface area (Å²) >= 11 is 0. The van der Waals surface area contributed by atoms with Gasteiger partial charge < -0.3 is 15.0 Å². The third-order valence-corrected chi connectivity index (χ3v) is 3.19. The summed E-state index contributed by atoms with van der Waals surface area (Å²) in [6, 6.07) is 0. The fraction of sp³-hybridized carbons (Fsp3) is 0.909. The maximum atomic E-state index is 11.7. The van der Waals surface area contributed by atoms with Crippen LogP contribution in [-0.4, -0.2) is 49.7 Å². The molecule has 0 aromatic carbocycles. The normalized spacial score (nSPS) is 25.1. The summed E-state index contributed by atoms with van der Waals surface area (Å²) in [5.41, 5.74) is 0. The van der Waals surface area contributed by atoms with E-state index < -0.39 is 0 Å². The molecule has 0 bridgehead atoms. The van der Waals surface area contributed by atoms with Crippen molar-refractivity contribution in [2.24, 2.45) is 5.92 Å². The summed E-state index contributed by atoms with van der Waals surface area (Å²) < 4.78 is 5.52. The van der Waals surface area contributed by atoms with Crippen molar-refractivity contribution in [1.82, 2.24) is 10.2 Å². The first-order chi connectivity index (χ1) is 7.25. The molecule has 1 N–H and O–H groups in total. The van der Waals surface area contributed by atoms with E-state index >= 15 is 0 Å². The molecule has 94 valence electrons. The molecule has 0 aromatic heterocycles. The number of hydrogen-bond donors (Lipinski definition) is 1. The van der Waals surface area contributed by atoms with Crippen molar-refractivity contribution in [1.29, 1.82) is 0 Å². The summed E-state index contributed by atoms with van der Waals surface area (Å²) in [6.07, 6.45) is 2.04. The van der Waals surface area contributed by atoms with Crippen molar-refractivity contribution < 1.29 is 9.53 Å². The van der Waals surface area contributed by atoms with E-state index in [1.807, 2.05) is 4.90 Å². The Labute approximate surface area is 103 Å². The van der Waals surface area contributed by atoms with Crippen LogP contribution >= 0.6 is 12.4 Å². The van der Waals surface area contributed by atoms with Crippen LogP contribution in [0, 0.1) is 5.92 Å². The van der Waals surface area contributed by atoms with E-state index in [1.54, 1.807) is 0 Å². The lowest BCUT2D eigenvalue weighted by Crippen LogP contribution is -2.48. The van der Waals surface area contributed by atoms with Gasteiger partial charge in [-0.05, 0) is 12.3 Å². The van der Waals surface area contributed by atoms with E-state index in [0.717, 1.165) is 32.6 Å². The van der Waals surface area contributed by atoms with E-state index in [0.29, 0.717) is 25.0 Å². The van der Waals surface area contributed by atoms with Crippen LogP contribution in [0.3, 0.4) is 0 Å². The number of rotatable bonds is 4. The largest absolute Gasteiger partial charge is 0.375 e. The molecule has 0 saturated carbocycles. The Morgan fingerprint density at radius 2 is 2.25 bits per heavy atom. The van der Waals surface area contributed by atoms with Crippen molar-refractivity contribution in [2.45, 2.75) is 25.9 Å². The zero-order valence-electron chi connectivity index (χ0n) is 9.78. The molecule has 1 unspecified atom stereocenters. The lowest BCUT2D eigenvalue weighted by Gasteiger charge is -2.27. The van der Waals surface area contributed by atoms with Crippen molar-refractivity contribution in [3.05, 3.63) is 0 Å². The molecule has 0 spiro atoms. The second kappa shape index (κ2) is 6.42. The molecule has 2 rings (SSSR count). The highest BCUT2D eigenvalue weighted by Gasteiger charge is 2.23. The summed E-state index contributed by atoms with van der Waals surface area (Å²) in [6.45, 7) is 6.53. The van der Waals surface area contributed by atoms with Crippen molar-refractivity contribution in [3.63, 3.8) is 0 Å². The molecule has 2 heterocycles. The minimum Gasteiger partial charge on any atom is -0.375 e. The zero-order valence-corrected chi connectivity index (χ0v) is 10.6. The molecular weight excluding hydrogens is 228 g/mol. The smallest absolute Gasteiger partial charge is 0.224 e. The molecule has 0 aromatic rings. The summed E-state index contributed by atoms with van der Waals surface area (Å²) in [5.74, 6) is 0.928. The Balaban J connectivity index is 0.00000128. The van der Waals surface area contributed by atoms with Crippen molar-refractivity contribution in [3.8, 4) is 0 Å². The fourth-order valence-electron chi connectivity index (χ4n) is 2.01. The number of nitrogens with zero attached hydrogens (tertiary/aromatic N) is 1. The highest BCUT2D eigenvalue weighted by atomic mass is 35.5. The van der Waals surface area contributed by atoms with Crippen LogP contribution in [0.1, 0.15) is 19.8 Å². The maximum Gasteiger partial charge on any atom is 0.224 e. The predicted octanol–water partition coefficient (Wildman–Crippen LogP) is 0.655. The van der Waals surface area contributed by atoms with Gasteiger partial charge in [0.2, 0.25) is 5.91 Å². The van der Waals surface area contributed by atoms with Gasteiger partial charge in [0.05, 0.1) is 19.1 Å². The first-order valence-electron chi connectivity index (χ1n) is 5.86. The van der Waals surface area contributed by atoms with Gasteiger partial charge in [-0.15, -0.1) is 12.4 Å². The lowest BCUT2D eigenvalue weighted by atomic mass is 10.2. The van der Waals surface area contributed by atoms with Crippen LogP contribution in [0.15, 0.2) is 0 Å². The zero-order chi connectivity index (χ0) is 10.7. The molecule has 2 fully saturated rings. The second-order valence-corrected chi connectivity index (χ2v) is 4.63. The van der Waals surface area contributed by atoms with E-state index in [1.165, 1.54) is 0 Å². The number of carbonyl (C=O) groups is 1. The van der Waals surface area contributed by atoms with Gasteiger partial charge in [0.15, 0.2) is 0 Å². The number of likely N-dealkylation sites (tertiary alicyclic amines) is 1. The Kier molecular flexibility index (Phi) is 5.52. The molecule has 5 heteroatoms. The van der Waals surface area contributed by atoms with Crippen LogP contribution in [-0.2, 0) is 9.53 Å². The molecule has 0 aliphatic carbocycles. The van der Waals surface area contributed by atoms with Gasteiger partial charge in [0, 0.05) is 26.2 Å². The molecule has 1 atom stereocenters. The molecule has 0 radical (unpaired) electrons. The average Bonchev–Trinajstić information content (AvgIpc) is 2.56. The highest BCUT2D eigenvalue weighted by Crippen LogP contribution is 2.15. The third kappa shape index (κ3) is 3.61. The number of hydrogen-bond acceptors (Lipinski definition) is 3. The minimum absolute atomic E-state index is 0. The summed E-state index contributed by atoms with van der Waals surface area (Å²) in [4.78, 5) is 13.7. The Hall–Kier alpha value is -0.320. The first kappa shape index (κ1) is 13.7. The van der Waals surface area contributed by atoms with Crippen molar-refractivity contribution >= 4 is 18.3 Å². The van der Waals surface area contributed by atoms with E-state index in [9.17, 15) is 4.79 Å². The Bertz CT molecular complexity index is 234. The molecule has 2 saturated heterocycles. The minimum atomic E-state index is 0. The number of amides is 1. The monoisotopic (exact) mass is 248 g/mol. The number of carbonyl (C=O) groups excluding carboxylic acids is 1.